The van der Waals surface area contributed by atoms with Crippen molar-refractivity contribution in [3.63, 3.8) is 0 Å². The number of aromatic nitrogens is 3. The Morgan fingerprint density at radius 1 is 1.15 bits per heavy atom. The van der Waals surface area contributed by atoms with Crippen molar-refractivity contribution in [1.29, 1.82) is 0 Å². The maximum atomic E-state index is 13.3. The Kier molecular flexibility index (Phi) is 4.94. The van der Waals surface area contributed by atoms with Crippen LogP contribution in [0.1, 0.15) is 23.7 Å². The smallest absolute Gasteiger partial charge is 0.238 e. The van der Waals surface area contributed by atoms with Crippen molar-refractivity contribution in [1.82, 2.24) is 20.1 Å². The fourth-order valence-electron chi connectivity index (χ4n) is 2.78. The molecule has 1 aromatic heterocycles. The number of carbonyl (C=O) groups is 1. The van der Waals surface area contributed by atoms with Gasteiger partial charge in [0.2, 0.25) is 5.91 Å². The summed E-state index contributed by atoms with van der Waals surface area (Å²) >= 11 is 1.32. The number of carbonyl (C=O) groups excluding carboxylic acids is 1. The summed E-state index contributed by atoms with van der Waals surface area (Å²) in [7, 11) is 1.88. The Morgan fingerprint density at radius 3 is 2.52 bits per heavy atom. The first-order valence-electron chi connectivity index (χ1n) is 8.79. The highest BCUT2D eigenvalue weighted by Crippen LogP contribution is 2.36. The van der Waals surface area contributed by atoms with Crippen LogP contribution in [-0.4, -0.2) is 26.7 Å². The van der Waals surface area contributed by atoms with E-state index in [4.69, 9.17) is 0 Å². The summed E-state index contributed by atoms with van der Waals surface area (Å²) in [5, 5.41) is 11.7. The Bertz CT molecular complexity index is 938. The van der Waals surface area contributed by atoms with Crippen LogP contribution in [-0.2, 0) is 11.8 Å². The first-order valence-corrected chi connectivity index (χ1v) is 9.67. The van der Waals surface area contributed by atoms with Crippen molar-refractivity contribution in [3.05, 3.63) is 66.0 Å². The maximum Gasteiger partial charge on any atom is 0.238 e. The molecular formula is C20H19FN4OS. The summed E-state index contributed by atoms with van der Waals surface area (Å²) in [6.45, 7) is 0. The van der Waals surface area contributed by atoms with Crippen LogP contribution in [0.15, 0.2) is 59.8 Å². The average molecular weight is 382 g/mol. The third-order valence-corrected chi connectivity index (χ3v) is 5.71. The molecule has 1 fully saturated rings. The fraction of sp³-hybridized carbons (Fsp3) is 0.250. The van der Waals surface area contributed by atoms with Gasteiger partial charge in [-0.15, -0.1) is 10.2 Å². The lowest BCUT2D eigenvalue weighted by Crippen LogP contribution is -2.29. The molecule has 5 nitrogen and oxygen atoms in total. The van der Waals surface area contributed by atoms with E-state index in [0.717, 1.165) is 29.8 Å². The summed E-state index contributed by atoms with van der Waals surface area (Å²) in [5.41, 5.74) is 1.70. The molecular weight excluding hydrogens is 363 g/mol. The van der Waals surface area contributed by atoms with E-state index in [1.54, 1.807) is 12.1 Å². The van der Waals surface area contributed by atoms with E-state index in [-0.39, 0.29) is 17.8 Å². The lowest BCUT2D eigenvalue weighted by molar-refractivity contribution is -0.120. The van der Waals surface area contributed by atoms with Gasteiger partial charge < -0.3 is 9.88 Å². The topological polar surface area (TPSA) is 59.8 Å². The molecule has 0 bridgehead atoms. The van der Waals surface area contributed by atoms with Crippen LogP contribution in [0, 0.1) is 5.82 Å². The molecule has 0 saturated heterocycles. The minimum absolute atomic E-state index is 0.0848. The number of thioether (sulfide) groups is 1. The molecule has 1 amide bonds. The number of amides is 1. The van der Waals surface area contributed by atoms with Gasteiger partial charge in [-0.05, 0) is 30.5 Å². The summed E-state index contributed by atoms with van der Waals surface area (Å²) in [6.07, 6.45) is 2.02. The third kappa shape index (κ3) is 4.03. The SMILES string of the molecule is Cn1c(SC(C(=O)NC2CC2)c2ccc(F)cc2)nnc1-c1ccccc1. The van der Waals surface area contributed by atoms with Crippen molar-refractivity contribution >= 4 is 17.7 Å². The first kappa shape index (κ1) is 17.7. The number of hydrogen-bond donors (Lipinski definition) is 1. The monoisotopic (exact) mass is 382 g/mol. The molecule has 4 rings (SSSR count). The Morgan fingerprint density at radius 2 is 1.85 bits per heavy atom. The molecule has 3 aromatic rings. The van der Waals surface area contributed by atoms with E-state index in [1.807, 2.05) is 41.9 Å². The quantitative estimate of drug-likeness (QED) is 0.660. The van der Waals surface area contributed by atoms with Gasteiger partial charge in [0.25, 0.3) is 0 Å². The van der Waals surface area contributed by atoms with Crippen molar-refractivity contribution in [2.24, 2.45) is 7.05 Å². The highest BCUT2D eigenvalue weighted by molar-refractivity contribution is 8.00. The largest absolute Gasteiger partial charge is 0.352 e. The van der Waals surface area contributed by atoms with E-state index in [0.29, 0.717) is 5.16 Å². The number of halogens is 1. The summed E-state index contributed by atoms with van der Waals surface area (Å²) in [4.78, 5) is 12.8. The van der Waals surface area contributed by atoms with Gasteiger partial charge in [0.15, 0.2) is 11.0 Å². The molecule has 0 aliphatic heterocycles. The van der Waals surface area contributed by atoms with Crippen molar-refractivity contribution < 1.29 is 9.18 Å². The number of nitrogens with one attached hydrogen (secondary N) is 1. The van der Waals surface area contributed by atoms with Gasteiger partial charge in [-0.2, -0.15) is 0 Å². The van der Waals surface area contributed by atoms with Gasteiger partial charge in [0, 0.05) is 18.7 Å². The van der Waals surface area contributed by atoms with Crippen LogP contribution in [0.3, 0.4) is 0 Å². The summed E-state index contributed by atoms with van der Waals surface area (Å²) in [6, 6.07) is 16.1. The molecule has 0 radical (unpaired) electrons. The molecule has 1 aliphatic carbocycles. The zero-order chi connectivity index (χ0) is 18.8. The molecule has 27 heavy (non-hydrogen) atoms. The highest BCUT2D eigenvalue weighted by Gasteiger charge is 2.30. The standard InChI is InChI=1S/C20H19FN4OS/c1-25-18(14-5-3-2-4-6-14)23-24-20(25)27-17(19(26)22-16-11-12-16)13-7-9-15(21)10-8-13/h2-10,16-17H,11-12H2,1H3,(H,22,26). The van der Waals surface area contributed by atoms with Gasteiger partial charge in [-0.3, -0.25) is 4.79 Å². The Labute approximate surface area is 161 Å². The molecule has 0 spiro atoms. The van der Waals surface area contributed by atoms with Crippen molar-refractivity contribution in [3.8, 4) is 11.4 Å². The van der Waals surface area contributed by atoms with Gasteiger partial charge in [-0.1, -0.05) is 54.2 Å². The molecule has 1 unspecified atom stereocenters. The van der Waals surface area contributed by atoms with Crippen molar-refractivity contribution in [2.45, 2.75) is 29.3 Å². The molecule has 1 aliphatic rings. The molecule has 138 valence electrons. The average Bonchev–Trinajstić information content (AvgIpc) is 3.42. The summed E-state index contributed by atoms with van der Waals surface area (Å²) in [5.74, 6) is 0.326. The zero-order valence-corrected chi connectivity index (χ0v) is 15.6. The molecule has 2 aromatic carbocycles. The lowest BCUT2D eigenvalue weighted by Gasteiger charge is -2.16. The van der Waals surface area contributed by atoms with E-state index in [9.17, 15) is 9.18 Å². The van der Waals surface area contributed by atoms with Crippen LogP contribution < -0.4 is 5.32 Å². The van der Waals surface area contributed by atoms with Gasteiger partial charge >= 0.3 is 0 Å². The van der Waals surface area contributed by atoms with Crippen LogP contribution in [0.5, 0.6) is 0 Å². The van der Waals surface area contributed by atoms with Crippen LogP contribution in [0.2, 0.25) is 0 Å². The van der Waals surface area contributed by atoms with Gasteiger partial charge in [-0.25, -0.2) is 4.39 Å². The maximum absolute atomic E-state index is 13.3. The van der Waals surface area contributed by atoms with Gasteiger partial charge in [0.1, 0.15) is 11.1 Å². The second-order valence-corrected chi connectivity index (χ2v) is 7.64. The van der Waals surface area contributed by atoms with E-state index in [2.05, 4.69) is 15.5 Å². The van der Waals surface area contributed by atoms with Gasteiger partial charge in [0.05, 0.1) is 0 Å². The second-order valence-electron chi connectivity index (χ2n) is 6.56. The Hall–Kier alpha value is -2.67. The fourth-order valence-corrected chi connectivity index (χ4v) is 3.79. The lowest BCUT2D eigenvalue weighted by atomic mass is 10.1. The molecule has 1 atom stereocenters. The normalized spacial score (nSPS) is 14.7. The van der Waals surface area contributed by atoms with E-state index < -0.39 is 5.25 Å². The van der Waals surface area contributed by atoms with Crippen LogP contribution in [0.4, 0.5) is 4.39 Å². The molecule has 7 heteroatoms. The predicted octanol–water partition coefficient (Wildman–Crippen LogP) is 3.73. The molecule has 1 heterocycles. The second kappa shape index (κ2) is 7.52. The first-order chi connectivity index (χ1) is 13.1. The number of nitrogens with zero attached hydrogens (tertiary/aromatic N) is 3. The minimum atomic E-state index is -0.516. The van der Waals surface area contributed by atoms with Crippen LogP contribution >= 0.6 is 11.8 Å². The minimum Gasteiger partial charge on any atom is -0.352 e. The molecule has 1 saturated carbocycles. The third-order valence-electron chi connectivity index (χ3n) is 4.42. The summed E-state index contributed by atoms with van der Waals surface area (Å²) < 4.78 is 15.2. The zero-order valence-electron chi connectivity index (χ0n) is 14.8. The predicted molar refractivity (Wildman–Crippen MR) is 103 cm³/mol. The van der Waals surface area contributed by atoms with E-state index >= 15 is 0 Å². The van der Waals surface area contributed by atoms with Crippen molar-refractivity contribution in [2.75, 3.05) is 0 Å². The number of benzene rings is 2. The number of rotatable bonds is 6. The number of hydrogen-bond acceptors (Lipinski definition) is 4. The highest BCUT2D eigenvalue weighted by atomic mass is 32.2. The van der Waals surface area contributed by atoms with Crippen LogP contribution in [0.25, 0.3) is 11.4 Å². The van der Waals surface area contributed by atoms with E-state index in [1.165, 1.54) is 23.9 Å². The Balaban J connectivity index is 1.62. The molecule has 1 N–H and O–H groups in total.